The molecular weight excluding hydrogens is 224 g/mol. The molecule has 0 aliphatic heterocycles. The van der Waals surface area contributed by atoms with E-state index in [1.165, 1.54) is 18.1 Å². The summed E-state index contributed by atoms with van der Waals surface area (Å²) in [6.45, 7) is 7.66. The SMILES string of the molecule is CC[Si](C=CCOc1ccccc1)(CC)CC. The summed E-state index contributed by atoms with van der Waals surface area (Å²) in [6, 6.07) is 14.0. The molecule has 0 aliphatic rings. The molecule has 0 fully saturated rings. The molecule has 0 heterocycles. The Morgan fingerprint density at radius 3 is 2.12 bits per heavy atom. The van der Waals surface area contributed by atoms with Crippen LogP contribution in [0.5, 0.6) is 5.75 Å². The molecule has 0 spiro atoms. The fourth-order valence-electron chi connectivity index (χ4n) is 2.06. The molecule has 0 radical (unpaired) electrons. The summed E-state index contributed by atoms with van der Waals surface area (Å²) in [5.41, 5.74) is 2.47. The summed E-state index contributed by atoms with van der Waals surface area (Å²) >= 11 is 0. The van der Waals surface area contributed by atoms with Crippen LogP contribution in [-0.2, 0) is 0 Å². The Labute approximate surface area is 107 Å². The zero-order valence-corrected chi connectivity index (χ0v) is 12.3. The molecule has 0 aromatic heterocycles. The van der Waals surface area contributed by atoms with Crippen LogP contribution < -0.4 is 4.74 Å². The zero-order chi connectivity index (χ0) is 12.6. The van der Waals surface area contributed by atoms with Crippen molar-refractivity contribution in [1.29, 1.82) is 0 Å². The van der Waals surface area contributed by atoms with Gasteiger partial charge >= 0.3 is 0 Å². The molecule has 1 aromatic rings. The third-order valence-electron chi connectivity index (χ3n) is 3.67. The van der Waals surface area contributed by atoms with Gasteiger partial charge in [-0.1, -0.05) is 68.9 Å². The predicted molar refractivity (Wildman–Crippen MR) is 78.3 cm³/mol. The van der Waals surface area contributed by atoms with Crippen molar-refractivity contribution >= 4 is 8.07 Å². The third-order valence-corrected chi connectivity index (χ3v) is 8.84. The summed E-state index contributed by atoms with van der Waals surface area (Å²) in [7, 11) is -1.12. The second-order valence-electron chi connectivity index (χ2n) is 4.45. The van der Waals surface area contributed by atoms with Gasteiger partial charge in [0.25, 0.3) is 0 Å². The molecule has 0 N–H and O–H groups in total. The summed E-state index contributed by atoms with van der Waals surface area (Å²) in [5, 5.41) is 0. The minimum atomic E-state index is -1.12. The standard InChI is InChI=1S/C15H24OSi/c1-4-17(5-2,6-3)14-10-13-16-15-11-8-7-9-12-15/h7-12,14H,4-6,13H2,1-3H3. The molecule has 0 atom stereocenters. The van der Waals surface area contributed by atoms with Gasteiger partial charge in [-0.3, -0.25) is 0 Å². The van der Waals surface area contributed by atoms with Gasteiger partial charge in [0.1, 0.15) is 12.4 Å². The van der Waals surface area contributed by atoms with E-state index in [9.17, 15) is 0 Å². The summed E-state index contributed by atoms with van der Waals surface area (Å²) in [6.07, 6.45) is 2.22. The van der Waals surface area contributed by atoms with E-state index in [2.05, 4.69) is 32.5 Å². The Balaban J connectivity index is 2.44. The van der Waals surface area contributed by atoms with Crippen LogP contribution in [0.1, 0.15) is 20.8 Å². The molecule has 0 amide bonds. The van der Waals surface area contributed by atoms with Gasteiger partial charge in [0.15, 0.2) is 0 Å². The molecule has 2 heteroatoms. The first-order valence-corrected chi connectivity index (χ1v) is 9.31. The van der Waals surface area contributed by atoms with Crippen LogP contribution in [0.2, 0.25) is 18.1 Å². The van der Waals surface area contributed by atoms with Gasteiger partial charge in [0.2, 0.25) is 0 Å². The minimum Gasteiger partial charge on any atom is -0.490 e. The van der Waals surface area contributed by atoms with Crippen molar-refractivity contribution in [3.05, 3.63) is 42.1 Å². The van der Waals surface area contributed by atoms with Gasteiger partial charge in [0, 0.05) is 0 Å². The van der Waals surface area contributed by atoms with Gasteiger partial charge < -0.3 is 4.74 Å². The highest BCUT2D eigenvalue weighted by Gasteiger charge is 2.22. The molecule has 0 bridgehead atoms. The molecule has 1 aromatic carbocycles. The van der Waals surface area contributed by atoms with Crippen molar-refractivity contribution < 1.29 is 4.74 Å². The number of hydrogen-bond acceptors (Lipinski definition) is 1. The fourth-order valence-corrected chi connectivity index (χ4v) is 4.87. The normalized spacial score (nSPS) is 11.9. The van der Waals surface area contributed by atoms with Gasteiger partial charge in [-0.25, -0.2) is 0 Å². The lowest BCUT2D eigenvalue weighted by Crippen LogP contribution is -2.28. The zero-order valence-electron chi connectivity index (χ0n) is 11.3. The highest BCUT2D eigenvalue weighted by atomic mass is 28.3. The van der Waals surface area contributed by atoms with Crippen LogP contribution >= 0.6 is 0 Å². The maximum Gasteiger partial charge on any atom is 0.119 e. The Kier molecular flexibility index (Phi) is 6.05. The van der Waals surface area contributed by atoms with E-state index >= 15 is 0 Å². The third kappa shape index (κ3) is 4.39. The second kappa shape index (κ2) is 7.33. The molecule has 1 nitrogen and oxygen atoms in total. The van der Waals surface area contributed by atoms with Gasteiger partial charge in [-0.05, 0) is 12.1 Å². The Bertz CT molecular complexity index is 320. The monoisotopic (exact) mass is 248 g/mol. The van der Waals surface area contributed by atoms with Crippen molar-refractivity contribution in [2.45, 2.75) is 38.9 Å². The quantitative estimate of drug-likeness (QED) is 0.637. The van der Waals surface area contributed by atoms with E-state index in [4.69, 9.17) is 4.74 Å². The summed E-state index contributed by atoms with van der Waals surface area (Å²) in [5.74, 6) is 0.953. The summed E-state index contributed by atoms with van der Waals surface area (Å²) < 4.78 is 5.67. The first-order chi connectivity index (χ1) is 8.26. The topological polar surface area (TPSA) is 9.23 Å². The number of hydrogen-bond donors (Lipinski definition) is 0. The lowest BCUT2D eigenvalue weighted by atomic mass is 10.3. The van der Waals surface area contributed by atoms with Crippen molar-refractivity contribution in [2.24, 2.45) is 0 Å². The van der Waals surface area contributed by atoms with Gasteiger partial charge in [-0.2, -0.15) is 0 Å². The van der Waals surface area contributed by atoms with E-state index in [1.807, 2.05) is 30.3 Å². The number of para-hydroxylation sites is 1. The first kappa shape index (κ1) is 14.0. The van der Waals surface area contributed by atoms with E-state index in [0.717, 1.165) is 5.75 Å². The second-order valence-corrected chi connectivity index (χ2v) is 9.63. The largest absolute Gasteiger partial charge is 0.490 e. The smallest absolute Gasteiger partial charge is 0.119 e. The van der Waals surface area contributed by atoms with E-state index in [1.54, 1.807) is 0 Å². The Hall–Kier alpha value is -1.02. The van der Waals surface area contributed by atoms with Crippen LogP contribution in [0.15, 0.2) is 42.1 Å². The molecule has 17 heavy (non-hydrogen) atoms. The first-order valence-electron chi connectivity index (χ1n) is 6.62. The molecule has 0 unspecified atom stereocenters. The van der Waals surface area contributed by atoms with Crippen LogP contribution in [0.4, 0.5) is 0 Å². The van der Waals surface area contributed by atoms with E-state index in [0.29, 0.717) is 6.61 Å². The molecule has 94 valence electrons. The fraction of sp³-hybridized carbons (Fsp3) is 0.467. The number of ether oxygens (including phenoxy) is 1. The van der Waals surface area contributed by atoms with Crippen molar-refractivity contribution in [1.82, 2.24) is 0 Å². The lowest BCUT2D eigenvalue weighted by Gasteiger charge is -2.23. The van der Waals surface area contributed by atoms with Crippen molar-refractivity contribution in [2.75, 3.05) is 6.61 Å². The highest BCUT2D eigenvalue weighted by molar-refractivity contribution is 6.84. The average molecular weight is 248 g/mol. The average Bonchev–Trinajstić information content (AvgIpc) is 2.41. The molecule has 0 aliphatic carbocycles. The number of rotatable bonds is 7. The molecule has 0 saturated heterocycles. The van der Waals surface area contributed by atoms with Crippen molar-refractivity contribution in [3.8, 4) is 5.75 Å². The maximum absolute atomic E-state index is 5.67. The molecular formula is C15H24OSi. The van der Waals surface area contributed by atoms with Gasteiger partial charge in [0.05, 0.1) is 8.07 Å². The highest BCUT2D eigenvalue weighted by Crippen LogP contribution is 2.21. The van der Waals surface area contributed by atoms with Crippen LogP contribution in [-0.4, -0.2) is 14.7 Å². The van der Waals surface area contributed by atoms with E-state index in [-0.39, 0.29) is 0 Å². The van der Waals surface area contributed by atoms with Crippen LogP contribution in [0, 0.1) is 0 Å². The van der Waals surface area contributed by atoms with Crippen LogP contribution in [0.3, 0.4) is 0 Å². The predicted octanol–water partition coefficient (Wildman–Crippen LogP) is 4.67. The van der Waals surface area contributed by atoms with Gasteiger partial charge in [-0.15, -0.1) is 0 Å². The van der Waals surface area contributed by atoms with E-state index < -0.39 is 8.07 Å². The summed E-state index contributed by atoms with van der Waals surface area (Å²) in [4.78, 5) is 0. The Morgan fingerprint density at radius 2 is 1.59 bits per heavy atom. The van der Waals surface area contributed by atoms with Crippen LogP contribution in [0.25, 0.3) is 0 Å². The van der Waals surface area contributed by atoms with Crippen molar-refractivity contribution in [3.63, 3.8) is 0 Å². The lowest BCUT2D eigenvalue weighted by molar-refractivity contribution is 0.363. The minimum absolute atomic E-state index is 0.693. The molecule has 0 saturated carbocycles. The molecule has 1 rings (SSSR count). The number of benzene rings is 1. The maximum atomic E-state index is 5.67. The Morgan fingerprint density at radius 1 is 1.00 bits per heavy atom.